The molecule has 1 heterocycles. The number of carbonyl (C=O) groups is 2. The van der Waals surface area contributed by atoms with Crippen LogP contribution in [0.3, 0.4) is 0 Å². The fraction of sp³-hybridized carbons (Fsp3) is 0.517. The van der Waals surface area contributed by atoms with E-state index in [1.165, 1.54) is 37.5 Å². The predicted octanol–water partition coefficient (Wildman–Crippen LogP) is 4.78. The number of hydrogen-bond donors (Lipinski definition) is 2. The number of esters is 2. The number of aliphatic hydroxyl groups excluding tert-OH is 2. The van der Waals surface area contributed by atoms with Crippen molar-refractivity contribution < 1.29 is 38.7 Å². The highest BCUT2D eigenvalue weighted by molar-refractivity contribution is 5.89. The van der Waals surface area contributed by atoms with Crippen molar-refractivity contribution in [2.75, 3.05) is 26.9 Å². The summed E-state index contributed by atoms with van der Waals surface area (Å²) >= 11 is 0. The first-order chi connectivity index (χ1) is 17.5. The topological polar surface area (TPSA) is 112 Å². The maximum atomic E-state index is 12.0. The fourth-order valence-electron chi connectivity index (χ4n) is 4.27. The van der Waals surface area contributed by atoms with E-state index in [-0.39, 0.29) is 24.4 Å². The van der Waals surface area contributed by atoms with E-state index in [1.807, 2.05) is 25.2 Å². The number of carbonyl (C=O) groups excluding carboxylic acids is 2. The van der Waals surface area contributed by atoms with Gasteiger partial charge in [-0.2, -0.15) is 0 Å². The molecule has 1 aliphatic carbocycles. The molecule has 0 fully saturated rings. The van der Waals surface area contributed by atoms with Crippen molar-refractivity contribution in [3.63, 3.8) is 0 Å². The molecule has 0 radical (unpaired) electrons. The predicted molar refractivity (Wildman–Crippen MR) is 140 cm³/mol. The van der Waals surface area contributed by atoms with E-state index in [0.29, 0.717) is 0 Å². The summed E-state index contributed by atoms with van der Waals surface area (Å²) in [6, 6.07) is 0. The quantitative estimate of drug-likeness (QED) is 0.282. The first-order valence-electron chi connectivity index (χ1n) is 12.5. The third-order valence-corrected chi connectivity index (χ3v) is 6.37. The highest BCUT2D eigenvalue weighted by Crippen LogP contribution is 2.40. The van der Waals surface area contributed by atoms with Gasteiger partial charge in [-0.3, -0.25) is 0 Å². The molecule has 8 heteroatoms. The largest absolute Gasteiger partial charge is 0.499 e. The van der Waals surface area contributed by atoms with Crippen LogP contribution in [0.1, 0.15) is 53.9 Å². The van der Waals surface area contributed by atoms with Gasteiger partial charge in [0, 0.05) is 7.11 Å². The van der Waals surface area contributed by atoms with Crippen LogP contribution in [0.5, 0.6) is 0 Å². The maximum Gasteiger partial charge on any atom is 0.378 e. The van der Waals surface area contributed by atoms with Gasteiger partial charge in [0.25, 0.3) is 0 Å². The molecule has 0 spiro atoms. The van der Waals surface area contributed by atoms with Crippen molar-refractivity contribution >= 4 is 11.9 Å². The number of methoxy groups -OCH3 is 1. The summed E-state index contributed by atoms with van der Waals surface area (Å²) in [4.78, 5) is 23.6. The maximum absolute atomic E-state index is 12.0. The second-order valence-electron chi connectivity index (χ2n) is 10.0. The van der Waals surface area contributed by atoms with Crippen LogP contribution in [0.25, 0.3) is 0 Å². The normalized spacial score (nSPS) is 21.7. The molecule has 8 nitrogen and oxygen atoms in total. The van der Waals surface area contributed by atoms with Gasteiger partial charge in [-0.1, -0.05) is 60.9 Å². The number of aliphatic hydroxyl groups is 2. The summed E-state index contributed by atoms with van der Waals surface area (Å²) in [5.74, 6) is -2.86. The minimum absolute atomic E-state index is 0.0274. The lowest BCUT2D eigenvalue weighted by molar-refractivity contribution is -0.150. The van der Waals surface area contributed by atoms with Gasteiger partial charge in [0.2, 0.25) is 5.76 Å². The molecule has 2 rings (SSSR count). The third kappa shape index (κ3) is 9.05. The second kappa shape index (κ2) is 14.0. The minimum Gasteiger partial charge on any atom is -0.499 e. The van der Waals surface area contributed by atoms with Crippen molar-refractivity contribution in [1.82, 2.24) is 0 Å². The molecule has 0 aromatic carbocycles. The Morgan fingerprint density at radius 2 is 1.97 bits per heavy atom. The Labute approximate surface area is 219 Å². The summed E-state index contributed by atoms with van der Waals surface area (Å²) in [6.45, 7) is 10.1. The molecule has 1 aliphatic heterocycles. The number of allylic oxidation sites excluding steroid dienone is 9. The van der Waals surface area contributed by atoms with Crippen molar-refractivity contribution in [3.8, 4) is 0 Å². The molecule has 0 aromatic heterocycles. The van der Waals surface area contributed by atoms with Crippen LogP contribution in [0, 0.1) is 5.41 Å². The van der Waals surface area contributed by atoms with Gasteiger partial charge in [0.1, 0.15) is 12.7 Å². The smallest absolute Gasteiger partial charge is 0.378 e. The molecule has 2 unspecified atom stereocenters. The Hall–Kier alpha value is -3.10. The van der Waals surface area contributed by atoms with E-state index < -0.39 is 36.5 Å². The molecule has 37 heavy (non-hydrogen) atoms. The average Bonchev–Trinajstić information content (AvgIpc) is 3.10. The summed E-state index contributed by atoms with van der Waals surface area (Å²) in [7, 11) is 1.36. The van der Waals surface area contributed by atoms with Gasteiger partial charge in [-0.25, -0.2) is 9.59 Å². The lowest BCUT2D eigenvalue weighted by Gasteiger charge is -2.32. The van der Waals surface area contributed by atoms with Crippen LogP contribution in [0.15, 0.2) is 70.3 Å². The number of hydrogen-bond acceptors (Lipinski definition) is 8. The van der Waals surface area contributed by atoms with Crippen LogP contribution < -0.4 is 0 Å². The third-order valence-electron chi connectivity index (χ3n) is 6.37. The van der Waals surface area contributed by atoms with Crippen LogP contribution in [-0.4, -0.2) is 61.3 Å². The van der Waals surface area contributed by atoms with Crippen molar-refractivity contribution in [2.45, 2.75) is 66.1 Å². The number of rotatable bonds is 12. The molecule has 204 valence electrons. The zero-order chi connectivity index (χ0) is 27.6. The first-order valence-corrected chi connectivity index (χ1v) is 12.5. The summed E-state index contributed by atoms with van der Waals surface area (Å²) in [5.41, 5.74) is 5.15. The van der Waals surface area contributed by atoms with Gasteiger partial charge in [0.05, 0.1) is 6.61 Å². The highest BCUT2D eigenvalue weighted by atomic mass is 16.6. The molecule has 0 saturated carbocycles. The monoisotopic (exact) mass is 516 g/mol. The molecule has 0 bridgehead atoms. The Morgan fingerprint density at radius 3 is 2.65 bits per heavy atom. The Kier molecular flexibility index (Phi) is 11.4. The fourth-order valence-corrected chi connectivity index (χ4v) is 4.27. The van der Waals surface area contributed by atoms with Crippen molar-refractivity contribution in [1.29, 1.82) is 0 Å². The van der Waals surface area contributed by atoms with Crippen LogP contribution in [-0.2, 0) is 28.5 Å². The summed E-state index contributed by atoms with van der Waals surface area (Å²) in [5, 5.41) is 19.8. The molecule has 2 N–H and O–H groups in total. The molecule has 0 saturated heterocycles. The Bertz CT molecular complexity index is 1020. The minimum atomic E-state index is -1.26. The van der Waals surface area contributed by atoms with Gasteiger partial charge in [-0.05, 0) is 57.1 Å². The Balaban J connectivity index is 1.82. The summed E-state index contributed by atoms with van der Waals surface area (Å²) in [6.07, 6.45) is 13.1. The zero-order valence-electron chi connectivity index (χ0n) is 22.7. The van der Waals surface area contributed by atoms with Gasteiger partial charge in [-0.15, -0.1) is 0 Å². The van der Waals surface area contributed by atoms with Crippen LogP contribution >= 0.6 is 0 Å². The van der Waals surface area contributed by atoms with E-state index in [4.69, 9.17) is 18.9 Å². The Morgan fingerprint density at radius 1 is 1.24 bits per heavy atom. The zero-order valence-corrected chi connectivity index (χ0v) is 22.7. The number of cyclic esters (lactones) is 1. The molecule has 2 atom stereocenters. The van der Waals surface area contributed by atoms with Crippen molar-refractivity contribution in [3.05, 3.63) is 70.3 Å². The first kappa shape index (κ1) is 30.1. The summed E-state index contributed by atoms with van der Waals surface area (Å²) < 4.78 is 20.0. The molecular formula is C29H40O8. The van der Waals surface area contributed by atoms with E-state index >= 15 is 0 Å². The number of ether oxygens (including phenoxy) is 4. The molecule has 0 aromatic rings. The van der Waals surface area contributed by atoms with Gasteiger partial charge < -0.3 is 29.2 Å². The molecule has 2 aliphatic rings. The molecular weight excluding hydrogens is 476 g/mol. The van der Waals surface area contributed by atoms with Gasteiger partial charge >= 0.3 is 11.9 Å². The van der Waals surface area contributed by atoms with E-state index in [1.54, 1.807) is 6.08 Å². The standard InChI is InChI=1S/C29H40O8/c1-19(12-13-22-21(3)11-8-15-29(22,4)5)9-7-10-20(2)14-16-35-24(31)18-36-27-25(32)28(33)37-26(27)23(30)17-34-6/h7,9-10,12-14,23,26,30,32H,8,11,15-18H2,1-6H3/b10-7+,13-12+,19-9+,20-14+. The van der Waals surface area contributed by atoms with Gasteiger partial charge in [0.15, 0.2) is 18.5 Å². The second-order valence-corrected chi connectivity index (χ2v) is 10.0. The highest BCUT2D eigenvalue weighted by Gasteiger charge is 2.41. The van der Waals surface area contributed by atoms with Crippen LogP contribution in [0.4, 0.5) is 0 Å². The lowest BCUT2D eigenvalue weighted by atomic mass is 9.72. The SMILES string of the molecule is COCC(O)C1OC(=O)C(O)=C1OCC(=O)OC/C=C(C)/C=C/C=C(C)/C=C/C1=C(C)CCCC1(C)C. The van der Waals surface area contributed by atoms with E-state index in [9.17, 15) is 19.8 Å². The lowest BCUT2D eigenvalue weighted by Crippen LogP contribution is -2.33. The van der Waals surface area contributed by atoms with E-state index in [0.717, 1.165) is 11.1 Å². The van der Waals surface area contributed by atoms with Crippen LogP contribution in [0.2, 0.25) is 0 Å². The van der Waals surface area contributed by atoms with Crippen molar-refractivity contribution in [2.24, 2.45) is 5.41 Å². The average molecular weight is 517 g/mol. The van der Waals surface area contributed by atoms with E-state index in [2.05, 4.69) is 39.8 Å². The molecule has 0 amide bonds.